The zero-order valence-corrected chi connectivity index (χ0v) is 22.7. The Bertz CT molecular complexity index is 913. The highest BCUT2D eigenvalue weighted by Crippen LogP contribution is 2.37. The largest absolute Gasteiger partial charge is 0.465 e. The van der Waals surface area contributed by atoms with Gasteiger partial charge in [0.05, 0.1) is 24.2 Å². The van der Waals surface area contributed by atoms with Crippen molar-refractivity contribution in [2.24, 2.45) is 17.3 Å². The molecule has 2 aliphatic rings. The standard InChI is InChI=1S/C26H38N2O4S2/c1-18-6-8-19(9-7-18)24(30)28(17-22(29)27-12-14-33-15-13-27)21-16-20(10-11-26(2,3)4)34-23(21)25(31)32-5/h16,18-19,24,30H,6-9,12-15,17H2,1-5H3. The van der Waals surface area contributed by atoms with Gasteiger partial charge in [0.1, 0.15) is 11.1 Å². The minimum absolute atomic E-state index is 0.0205. The summed E-state index contributed by atoms with van der Waals surface area (Å²) >= 11 is 3.11. The number of hydrogen-bond donors (Lipinski definition) is 1. The number of rotatable bonds is 6. The summed E-state index contributed by atoms with van der Waals surface area (Å²) in [6.07, 6.45) is 3.08. The van der Waals surface area contributed by atoms with Crippen molar-refractivity contribution in [3.63, 3.8) is 0 Å². The summed E-state index contributed by atoms with van der Waals surface area (Å²) in [4.78, 5) is 30.7. The molecule has 1 saturated carbocycles. The summed E-state index contributed by atoms with van der Waals surface area (Å²) < 4.78 is 5.06. The molecule has 34 heavy (non-hydrogen) atoms. The summed E-state index contributed by atoms with van der Waals surface area (Å²) in [5.41, 5.74) is 0.358. The molecule has 0 radical (unpaired) electrons. The Morgan fingerprint density at radius 1 is 1.24 bits per heavy atom. The van der Waals surface area contributed by atoms with Crippen LogP contribution in [0.4, 0.5) is 5.69 Å². The van der Waals surface area contributed by atoms with Gasteiger partial charge < -0.3 is 19.6 Å². The van der Waals surface area contributed by atoms with Gasteiger partial charge in [-0.15, -0.1) is 11.3 Å². The summed E-state index contributed by atoms with van der Waals surface area (Å²) in [5, 5.41) is 11.5. The highest BCUT2D eigenvalue weighted by molar-refractivity contribution is 7.99. The molecular weight excluding hydrogens is 468 g/mol. The quantitative estimate of drug-likeness (QED) is 0.349. The van der Waals surface area contributed by atoms with Gasteiger partial charge in [-0.2, -0.15) is 11.8 Å². The van der Waals surface area contributed by atoms with Gasteiger partial charge in [0.2, 0.25) is 5.91 Å². The number of aliphatic hydroxyl groups is 1. The average molecular weight is 507 g/mol. The van der Waals surface area contributed by atoms with Gasteiger partial charge in [-0.25, -0.2) is 4.79 Å². The number of esters is 1. The molecule has 1 aliphatic heterocycles. The van der Waals surface area contributed by atoms with Crippen LogP contribution < -0.4 is 4.90 Å². The second-order valence-electron chi connectivity index (χ2n) is 10.4. The molecule has 1 aromatic rings. The maximum atomic E-state index is 13.3. The van der Waals surface area contributed by atoms with Gasteiger partial charge in [-0.1, -0.05) is 31.6 Å². The van der Waals surface area contributed by atoms with E-state index in [1.807, 2.05) is 43.5 Å². The van der Waals surface area contributed by atoms with Crippen LogP contribution in [0.2, 0.25) is 0 Å². The predicted molar refractivity (Wildman–Crippen MR) is 140 cm³/mol. The van der Waals surface area contributed by atoms with Crippen molar-refractivity contribution in [1.29, 1.82) is 0 Å². The van der Waals surface area contributed by atoms with Crippen LogP contribution in [-0.4, -0.2) is 66.4 Å². The molecule has 1 aliphatic carbocycles. The Morgan fingerprint density at radius 2 is 1.88 bits per heavy atom. The third-order valence-electron chi connectivity index (χ3n) is 6.42. The normalized spacial score (nSPS) is 21.9. The predicted octanol–water partition coefficient (Wildman–Crippen LogP) is 4.46. The van der Waals surface area contributed by atoms with Gasteiger partial charge in [-0.3, -0.25) is 4.79 Å². The molecule has 0 bridgehead atoms. The molecule has 188 valence electrons. The van der Waals surface area contributed by atoms with Crippen LogP contribution in [0.15, 0.2) is 6.07 Å². The van der Waals surface area contributed by atoms with E-state index < -0.39 is 12.2 Å². The van der Waals surface area contributed by atoms with Crippen LogP contribution in [0, 0.1) is 29.1 Å². The molecule has 2 fully saturated rings. The summed E-state index contributed by atoms with van der Waals surface area (Å²) in [6, 6.07) is 1.84. The van der Waals surface area contributed by atoms with Crippen LogP contribution >= 0.6 is 23.1 Å². The van der Waals surface area contributed by atoms with Crippen LogP contribution in [0.25, 0.3) is 0 Å². The molecule has 0 spiro atoms. The fraction of sp³-hybridized carbons (Fsp3) is 0.692. The lowest BCUT2D eigenvalue weighted by molar-refractivity contribution is -0.129. The summed E-state index contributed by atoms with van der Waals surface area (Å²) in [5.74, 6) is 8.44. The molecule has 1 N–H and O–H groups in total. The zero-order chi connectivity index (χ0) is 24.9. The van der Waals surface area contributed by atoms with E-state index in [1.54, 1.807) is 4.90 Å². The lowest BCUT2D eigenvalue weighted by Gasteiger charge is -2.38. The van der Waals surface area contributed by atoms with Gasteiger partial charge in [0, 0.05) is 35.9 Å². The van der Waals surface area contributed by atoms with Crippen molar-refractivity contribution in [2.75, 3.05) is 43.1 Å². The Labute approximate surface area is 212 Å². The van der Waals surface area contributed by atoms with Gasteiger partial charge >= 0.3 is 5.97 Å². The SMILES string of the molecule is COC(=O)c1sc(C#CC(C)(C)C)cc1N(CC(=O)N1CCSCC1)C(O)C1CCC(C)CC1. The van der Waals surface area contributed by atoms with Gasteiger partial charge in [0.15, 0.2) is 0 Å². The first kappa shape index (κ1) is 26.9. The Hall–Kier alpha value is -1.69. The first-order valence-corrected chi connectivity index (χ1v) is 14.1. The molecule has 1 atom stereocenters. The molecule has 6 nitrogen and oxygen atoms in total. The molecule has 1 aromatic heterocycles. The minimum atomic E-state index is -0.850. The fourth-order valence-corrected chi connectivity index (χ4v) is 6.21. The van der Waals surface area contributed by atoms with Crippen molar-refractivity contribution in [2.45, 2.75) is 59.6 Å². The molecule has 1 saturated heterocycles. The molecule has 8 heteroatoms. The maximum absolute atomic E-state index is 13.3. The fourth-order valence-electron chi connectivity index (χ4n) is 4.36. The first-order valence-electron chi connectivity index (χ1n) is 12.1. The van der Waals surface area contributed by atoms with Crippen molar-refractivity contribution < 1.29 is 19.4 Å². The average Bonchev–Trinajstić information content (AvgIpc) is 3.25. The number of hydrogen-bond acceptors (Lipinski definition) is 7. The topological polar surface area (TPSA) is 70.1 Å². The number of methoxy groups -OCH3 is 1. The van der Waals surface area contributed by atoms with Crippen molar-refractivity contribution in [3.05, 3.63) is 15.8 Å². The van der Waals surface area contributed by atoms with Gasteiger partial charge in [-0.05, 0) is 45.6 Å². The number of aliphatic hydroxyl groups excluding tert-OH is 1. The van der Waals surface area contributed by atoms with Crippen molar-refractivity contribution >= 4 is 40.7 Å². The van der Waals surface area contributed by atoms with Gasteiger partial charge in [0.25, 0.3) is 0 Å². The number of nitrogens with zero attached hydrogens (tertiary/aromatic N) is 2. The van der Waals surface area contributed by atoms with Crippen LogP contribution in [0.5, 0.6) is 0 Å². The summed E-state index contributed by atoms with van der Waals surface area (Å²) in [7, 11) is 1.35. The number of carbonyl (C=O) groups is 2. The highest BCUT2D eigenvalue weighted by atomic mass is 32.2. The van der Waals surface area contributed by atoms with E-state index in [1.165, 1.54) is 18.4 Å². The lowest BCUT2D eigenvalue weighted by Crippen LogP contribution is -2.50. The highest BCUT2D eigenvalue weighted by Gasteiger charge is 2.34. The van der Waals surface area contributed by atoms with E-state index in [9.17, 15) is 14.7 Å². The second-order valence-corrected chi connectivity index (χ2v) is 12.6. The number of thioether (sulfide) groups is 1. The number of ether oxygens (including phenoxy) is 1. The van der Waals surface area contributed by atoms with E-state index in [2.05, 4.69) is 18.8 Å². The lowest BCUT2D eigenvalue weighted by atomic mass is 9.81. The van der Waals surface area contributed by atoms with E-state index in [4.69, 9.17) is 4.74 Å². The van der Waals surface area contributed by atoms with Crippen LogP contribution in [-0.2, 0) is 9.53 Å². The zero-order valence-electron chi connectivity index (χ0n) is 21.1. The molecule has 3 rings (SSSR count). The molecule has 1 unspecified atom stereocenters. The summed E-state index contributed by atoms with van der Waals surface area (Å²) in [6.45, 7) is 9.80. The number of thiophene rings is 1. The third kappa shape index (κ3) is 7.16. The second kappa shape index (κ2) is 11.8. The third-order valence-corrected chi connectivity index (χ3v) is 8.39. The van der Waals surface area contributed by atoms with E-state index >= 15 is 0 Å². The Kier molecular flexibility index (Phi) is 9.36. The first-order chi connectivity index (χ1) is 16.1. The minimum Gasteiger partial charge on any atom is -0.465 e. The van der Waals surface area contributed by atoms with Crippen molar-refractivity contribution in [1.82, 2.24) is 4.90 Å². The number of anilines is 1. The van der Waals surface area contributed by atoms with Crippen LogP contribution in [0.3, 0.4) is 0 Å². The maximum Gasteiger partial charge on any atom is 0.350 e. The van der Waals surface area contributed by atoms with E-state index in [0.29, 0.717) is 29.6 Å². The molecule has 1 amide bonds. The Morgan fingerprint density at radius 3 is 2.47 bits per heavy atom. The van der Waals surface area contributed by atoms with Crippen LogP contribution in [0.1, 0.15) is 67.9 Å². The Balaban J connectivity index is 1.97. The smallest absolute Gasteiger partial charge is 0.350 e. The molecular formula is C26H38N2O4S2. The molecule has 0 aromatic carbocycles. The van der Waals surface area contributed by atoms with E-state index in [-0.39, 0.29) is 23.8 Å². The number of carbonyl (C=O) groups excluding carboxylic acids is 2. The monoisotopic (exact) mass is 506 g/mol. The van der Waals surface area contributed by atoms with Crippen molar-refractivity contribution in [3.8, 4) is 11.8 Å². The molecule has 2 heterocycles. The van der Waals surface area contributed by atoms with E-state index in [0.717, 1.165) is 42.1 Å². The number of amides is 1.